The van der Waals surface area contributed by atoms with E-state index >= 15 is 0 Å². The number of nitrogens with zero attached hydrogens (tertiary/aromatic N) is 1. The highest BCUT2D eigenvalue weighted by Crippen LogP contribution is 2.38. The Labute approximate surface area is 502 Å². The van der Waals surface area contributed by atoms with Crippen molar-refractivity contribution in [2.24, 2.45) is 0 Å². The zero-order chi connectivity index (χ0) is 59.3. The summed E-state index contributed by atoms with van der Waals surface area (Å²) >= 11 is 0. The molecule has 3 atom stereocenters. The first kappa shape index (κ1) is 78.7. The van der Waals surface area contributed by atoms with E-state index < -0.39 is 26.6 Å². The number of hydrogen-bond acceptors (Lipinski definition) is 7. The molecule has 9 nitrogen and oxygen atoms in total. The van der Waals surface area contributed by atoms with E-state index in [2.05, 4.69) is 74.7 Å². The first-order valence-electron chi connectivity index (χ1n) is 34.6. The third-order valence-electron chi connectivity index (χ3n) is 15.5. The van der Waals surface area contributed by atoms with Gasteiger partial charge in [0, 0.05) is 12.8 Å². The van der Waals surface area contributed by atoms with Gasteiger partial charge in [-0.25, -0.2) is 0 Å². The Bertz CT molecular complexity index is 1570. The van der Waals surface area contributed by atoms with Crippen molar-refractivity contribution in [1.29, 1.82) is 0 Å². The lowest BCUT2D eigenvalue weighted by molar-refractivity contribution is -0.870. The first-order valence-corrected chi connectivity index (χ1v) is 36.1. The van der Waals surface area contributed by atoms with E-state index in [0.717, 1.165) is 64.2 Å². The van der Waals surface area contributed by atoms with Crippen LogP contribution in [0.4, 0.5) is 0 Å². The number of esters is 1. The second-order valence-corrected chi connectivity index (χ2v) is 26.1. The molecule has 1 amide bonds. The fraction of sp³-hybridized carbons (Fsp3) is 0.831. The van der Waals surface area contributed by atoms with Crippen LogP contribution in [0.1, 0.15) is 329 Å². The predicted octanol–water partition coefficient (Wildman–Crippen LogP) is 21.2. The number of nitrogens with one attached hydrogen (secondary N) is 1. The molecular weight excluding hydrogens is 1020 g/mol. The molecule has 1 N–H and O–H groups in total. The van der Waals surface area contributed by atoms with Gasteiger partial charge in [0.15, 0.2) is 0 Å². The van der Waals surface area contributed by atoms with Gasteiger partial charge in [-0.2, -0.15) is 0 Å². The number of unbranched alkanes of at least 4 members (excludes halogenated alkanes) is 39. The van der Waals surface area contributed by atoms with Gasteiger partial charge in [0.05, 0.1) is 33.8 Å². The van der Waals surface area contributed by atoms with Crippen molar-refractivity contribution >= 4 is 19.7 Å². The summed E-state index contributed by atoms with van der Waals surface area (Å²) in [5.41, 5.74) is 0. The number of rotatable bonds is 63. The molecule has 0 saturated carbocycles. The van der Waals surface area contributed by atoms with Crippen LogP contribution in [0, 0.1) is 0 Å². The van der Waals surface area contributed by atoms with Gasteiger partial charge in [-0.15, -0.1) is 0 Å². The number of quaternary nitrogens is 1. The number of likely N-dealkylation sites (N-methyl/N-ethyl adjacent to an activating group) is 1. The number of ether oxygens (including phenoxy) is 1. The topological polar surface area (TPSA) is 114 Å². The normalized spacial score (nSPS) is 13.9. The third-order valence-corrected chi connectivity index (χ3v) is 16.4. The molecule has 0 heterocycles. The first-order chi connectivity index (χ1) is 39.4. The number of carbonyl (C=O) groups excluding carboxylic acids is 2. The minimum Gasteiger partial charge on any atom is -0.756 e. The molecule has 0 aromatic rings. The molecule has 0 aliphatic rings. The van der Waals surface area contributed by atoms with Crippen molar-refractivity contribution in [2.45, 2.75) is 341 Å². The molecular formula is C71H133N2O7P. The highest BCUT2D eigenvalue weighted by atomic mass is 31.2. The van der Waals surface area contributed by atoms with Crippen LogP contribution in [0.2, 0.25) is 0 Å². The maximum Gasteiger partial charge on any atom is 0.306 e. The Balaban J connectivity index is 5.14. The predicted molar refractivity (Wildman–Crippen MR) is 349 cm³/mol. The summed E-state index contributed by atoms with van der Waals surface area (Å²) in [6, 6.07) is -0.910. The number of phosphoric acid groups is 1. The van der Waals surface area contributed by atoms with Crippen LogP contribution in [-0.2, 0) is 27.9 Å². The van der Waals surface area contributed by atoms with Gasteiger partial charge in [0.1, 0.15) is 19.3 Å². The maximum absolute atomic E-state index is 13.6. The fourth-order valence-corrected chi connectivity index (χ4v) is 10.8. The Morgan fingerprint density at radius 3 is 1.17 bits per heavy atom. The molecule has 0 aliphatic heterocycles. The number of amides is 1. The van der Waals surface area contributed by atoms with E-state index in [9.17, 15) is 19.0 Å². The van der Waals surface area contributed by atoms with Gasteiger partial charge < -0.3 is 28.5 Å². The number of hydrogen-bond donors (Lipinski definition) is 1. The Kier molecular flexibility index (Phi) is 59.1. The van der Waals surface area contributed by atoms with Crippen LogP contribution in [0.25, 0.3) is 0 Å². The van der Waals surface area contributed by atoms with E-state index in [4.69, 9.17) is 13.8 Å². The summed E-state index contributed by atoms with van der Waals surface area (Å²) in [7, 11) is 1.17. The zero-order valence-corrected chi connectivity index (χ0v) is 55.1. The molecule has 0 fully saturated rings. The second kappa shape index (κ2) is 60.8. The number of carbonyl (C=O) groups is 2. The third kappa shape index (κ3) is 62.1. The van der Waals surface area contributed by atoms with Crippen molar-refractivity contribution in [3.05, 3.63) is 60.8 Å². The van der Waals surface area contributed by atoms with E-state index in [1.54, 1.807) is 0 Å². The van der Waals surface area contributed by atoms with Gasteiger partial charge in [-0.1, -0.05) is 307 Å². The average molecular weight is 1160 g/mol. The molecule has 3 unspecified atom stereocenters. The minimum absolute atomic E-state index is 0.0302. The SMILES string of the molecule is CCCCC/C=C\C/C=C\C/C=C\C/C=C\CCCC(=O)OC(/C=C\CCCCCCCCCCCCC)C(COP(=O)([O-])OCC[N+](C)(C)C)NC(=O)CCCCCCCCCCCCCCCCCCCCCCCCCCC. The summed E-state index contributed by atoms with van der Waals surface area (Å²) in [6.45, 7) is 6.82. The Morgan fingerprint density at radius 2 is 0.765 bits per heavy atom. The van der Waals surface area contributed by atoms with Crippen molar-refractivity contribution in [3.8, 4) is 0 Å². The van der Waals surface area contributed by atoms with Gasteiger partial charge in [-0.3, -0.25) is 14.2 Å². The minimum atomic E-state index is -4.71. The summed E-state index contributed by atoms with van der Waals surface area (Å²) in [5, 5.41) is 3.03. The fourth-order valence-electron chi connectivity index (χ4n) is 10.1. The van der Waals surface area contributed by atoms with Gasteiger partial charge >= 0.3 is 5.97 Å². The standard InChI is InChI=1S/C71H133N2O7P/c1-7-10-13-16-19-22-25-28-30-32-33-34-35-36-37-38-39-41-42-45-48-51-54-57-60-63-70(74)72-68(67-79-81(76,77)78-66-65-73(4,5)6)69(62-59-56-53-50-47-44-27-24-21-18-15-12-9-3)80-71(75)64-61-58-55-52-49-46-43-40-31-29-26-23-20-17-14-11-8-2/h20,23,29,31,43,46,52,55,59,62,68-69H,7-19,21-22,24-28,30,32-42,44-45,47-51,53-54,56-58,60-61,63-67H2,1-6H3,(H-,72,74,76,77)/b23-20-,31-29-,46-43-,55-52-,62-59-. The lowest BCUT2D eigenvalue weighted by Gasteiger charge is -2.30. The zero-order valence-electron chi connectivity index (χ0n) is 54.2. The molecule has 0 spiro atoms. The van der Waals surface area contributed by atoms with E-state index in [1.165, 1.54) is 225 Å². The van der Waals surface area contributed by atoms with Gasteiger partial charge in [0.25, 0.3) is 7.82 Å². The largest absolute Gasteiger partial charge is 0.756 e. The van der Waals surface area contributed by atoms with E-state index in [-0.39, 0.29) is 24.9 Å². The second-order valence-electron chi connectivity index (χ2n) is 24.7. The lowest BCUT2D eigenvalue weighted by atomic mass is 10.0. The van der Waals surface area contributed by atoms with Crippen LogP contribution in [-0.4, -0.2) is 69.4 Å². The number of phosphoric ester groups is 1. The van der Waals surface area contributed by atoms with Crippen LogP contribution >= 0.6 is 7.82 Å². The van der Waals surface area contributed by atoms with E-state index in [1.807, 2.05) is 33.3 Å². The van der Waals surface area contributed by atoms with Crippen molar-refractivity contribution in [2.75, 3.05) is 40.9 Å². The molecule has 10 heteroatoms. The number of allylic oxidation sites excluding steroid dienone is 9. The lowest BCUT2D eigenvalue weighted by Crippen LogP contribution is -2.47. The highest BCUT2D eigenvalue weighted by molar-refractivity contribution is 7.45. The molecule has 0 aliphatic carbocycles. The molecule has 81 heavy (non-hydrogen) atoms. The smallest absolute Gasteiger partial charge is 0.306 e. The van der Waals surface area contributed by atoms with Crippen molar-refractivity contribution in [1.82, 2.24) is 5.32 Å². The molecule has 0 radical (unpaired) electrons. The monoisotopic (exact) mass is 1160 g/mol. The summed E-state index contributed by atoms with van der Waals surface area (Å²) in [5.74, 6) is -0.594. The van der Waals surface area contributed by atoms with Crippen LogP contribution in [0.3, 0.4) is 0 Å². The molecule has 0 rings (SSSR count). The van der Waals surface area contributed by atoms with Crippen molar-refractivity contribution in [3.63, 3.8) is 0 Å². The van der Waals surface area contributed by atoms with Crippen molar-refractivity contribution < 1.29 is 37.3 Å². The molecule has 474 valence electrons. The molecule has 0 saturated heterocycles. The van der Waals surface area contributed by atoms with Crippen LogP contribution in [0.15, 0.2) is 60.8 Å². The van der Waals surface area contributed by atoms with Crippen LogP contribution in [0.5, 0.6) is 0 Å². The Morgan fingerprint density at radius 1 is 0.432 bits per heavy atom. The maximum atomic E-state index is 13.6. The average Bonchev–Trinajstić information content (AvgIpc) is 3.44. The highest BCUT2D eigenvalue weighted by Gasteiger charge is 2.27. The molecule has 0 aromatic heterocycles. The van der Waals surface area contributed by atoms with Gasteiger partial charge in [0.2, 0.25) is 5.91 Å². The molecule has 0 bridgehead atoms. The molecule has 0 aromatic carbocycles. The Hall–Kier alpha value is -2.29. The van der Waals surface area contributed by atoms with Gasteiger partial charge in [-0.05, 0) is 70.3 Å². The summed E-state index contributed by atoms with van der Waals surface area (Å²) in [6.07, 6.45) is 77.8. The van der Waals surface area contributed by atoms with E-state index in [0.29, 0.717) is 23.9 Å². The quantitative estimate of drug-likeness (QED) is 0.0212. The summed E-state index contributed by atoms with van der Waals surface area (Å²) < 4.78 is 30.4. The summed E-state index contributed by atoms with van der Waals surface area (Å²) in [4.78, 5) is 40.1. The van der Waals surface area contributed by atoms with Crippen LogP contribution < -0.4 is 10.2 Å².